The first kappa shape index (κ1) is 28.3. The summed E-state index contributed by atoms with van der Waals surface area (Å²) < 4.78 is 17.2. The topological polar surface area (TPSA) is 101 Å². The van der Waals surface area contributed by atoms with Gasteiger partial charge >= 0.3 is 5.97 Å². The maximum atomic E-state index is 13.2. The number of ether oxygens (including phenoxy) is 3. The van der Waals surface area contributed by atoms with Gasteiger partial charge in [0.1, 0.15) is 10.1 Å². The van der Waals surface area contributed by atoms with Gasteiger partial charge in [-0.3, -0.25) is 9.69 Å². The fourth-order valence-corrected chi connectivity index (χ4v) is 5.95. The Balaban J connectivity index is 1.27. The first-order valence-corrected chi connectivity index (χ1v) is 14.1. The van der Waals surface area contributed by atoms with Crippen LogP contribution in [0.4, 0.5) is 0 Å². The molecule has 1 aromatic heterocycles. The van der Waals surface area contributed by atoms with Crippen molar-refractivity contribution in [1.82, 2.24) is 9.88 Å². The summed E-state index contributed by atoms with van der Waals surface area (Å²) in [6.45, 7) is 2.76. The summed E-state index contributed by atoms with van der Waals surface area (Å²) in [6, 6.07) is 16.5. The Morgan fingerprint density at radius 2 is 1.83 bits per heavy atom. The molecule has 2 N–H and O–H groups in total. The molecule has 1 aliphatic rings. The zero-order valence-electron chi connectivity index (χ0n) is 22.7. The molecule has 8 nitrogen and oxygen atoms in total. The highest BCUT2D eigenvalue weighted by atomic mass is 32.2. The van der Waals surface area contributed by atoms with Crippen LogP contribution in [0.1, 0.15) is 27.9 Å². The highest BCUT2D eigenvalue weighted by molar-refractivity contribution is 8.26. The molecule has 4 aromatic rings. The lowest BCUT2D eigenvalue weighted by Gasteiger charge is -2.15. The highest BCUT2D eigenvalue weighted by Crippen LogP contribution is 2.37. The molecule has 0 saturated carbocycles. The monoisotopic (exact) mass is 588 g/mol. The number of thiocarbonyl (C=S) groups is 1. The molecule has 5 rings (SSSR count). The number of carbonyl (C=O) groups excluding carboxylic acids is 1. The van der Waals surface area contributed by atoms with E-state index in [1.54, 1.807) is 18.1 Å². The van der Waals surface area contributed by atoms with E-state index in [0.717, 1.165) is 33.3 Å². The number of methoxy groups -OCH3 is 2. The number of fused-ring (bicyclic) bond motifs is 1. The Morgan fingerprint density at radius 1 is 1.05 bits per heavy atom. The zero-order chi connectivity index (χ0) is 29.1. The van der Waals surface area contributed by atoms with Gasteiger partial charge in [0, 0.05) is 29.2 Å². The smallest absolute Gasteiger partial charge is 0.335 e. The zero-order valence-corrected chi connectivity index (χ0v) is 24.4. The molecule has 0 unspecified atom stereocenters. The van der Waals surface area contributed by atoms with Crippen LogP contribution in [0.5, 0.6) is 17.2 Å². The second-order valence-corrected chi connectivity index (χ2v) is 11.1. The van der Waals surface area contributed by atoms with Gasteiger partial charge in [-0.1, -0.05) is 36.1 Å². The third-order valence-electron chi connectivity index (χ3n) is 6.79. The van der Waals surface area contributed by atoms with E-state index in [-0.39, 0.29) is 11.5 Å². The number of amides is 1. The van der Waals surface area contributed by atoms with Gasteiger partial charge in [-0.2, -0.15) is 0 Å². The summed E-state index contributed by atoms with van der Waals surface area (Å²) in [4.78, 5) is 29.8. The standard InChI is InChI=1S/C31H28N2O6S2/c1-18-17-32-24-8-6-20(15-22(18)24)23-13-19(5-9-25(23)37-2)14-28-29(34)33(31(40)41-28)11-4-12-39-26-10-7-21(30(35)36)16-27(26)38-3/h5-10,13-17,32H,4,11-12H2,1-3H3,(H,35,36). The fourth-order valence-electron chi connectivity index (χ4n) is 4.64. The quantitative estimate of drug-likeness (QED) is 0.123. The van der Waals surface area contributed by atoms with Crippen LogP contribution in [0.2, 0.25) is 0 Å². The summed E-state index contributed by atoms with van der Waals surface area (Å²) in [5.41, 5.74) is 5.18. The lowest BCUT2D eigenvalue weighted by atomic mass is 9.99. The molecule has 0 radical (unpaired) electrons. The van der Waals surface area contributed by atoms with Crippen molar-refractivity contribution in [1.29, 1.82) is 0 Å². The van der Waals surface area contributed by atoms with Crippen molar-refractivity contribution in [3.63, 3.8) is 0 Å². The van der Waals surface area contributed by atoms with Crippen molar-refractivity contribution in [3.8, 4) is 28.4 Å². The Bertz CT molecular complexity index is 1690. The van der Waals surface area contributed by atoms with E-state index >= 15 is 0 Å². The molecule has 2 heterocycles. The molecule has 10 heteroatoms. The van der Waals surface area contributed by atoms with Crippen molar-refractivity contribution >= 4 is 57.2 Å². The van der Waals surface area contributed by atoms with Crippen molar-refractivity contribution in [2.24, 2.45) is 0 Å². The number of H-pyrrole nitrogens is 1. The van der Waals surface area contributed by atoms with Crippen LogP contribution in [0, 0.1) is 6.92 Å². The van der Waals surface area contributed by atoms with Gasteiger partial charge in [-0.15, -0.1) is 0 Å². The lowest BCUT2D eigenvalue weighted by Crippen LogP contribution is -2.29. The number of aryl methyl sites for hydroxylation is 1. The molecule has 3 aromatic carbocycles. The third-order valence-corrected chi connectivity index (χ3v) is 8.17. The number of aromatic nitrogens is 1. The molecule has 1 amide bonds. The molecule has 0 aliphatic carbocycles. The predicted molar refractivity (Wildman–Crippen MR) is 165 cm³/mol. The van der Waals surface area contributed by atoms with Crippen LogP contribution in [0.3, 0.4) is 0 Å². The molecule has 0 bridgehead atoms. The van der Waals surface area contributed by atoms with Gasteiger partial charge in [0.05, 0.1) is 31.3 Å². The van der Waals surface area contributed by atoms with Crippen molar-refractivity contribution in [2.45, 2.75) is 13.3 Å². The van der Waals surface area contributed by atoms with E-state index in [1.165, 1.54) is 36.6 Å². The van der Waals surface area contributed by atoms with Crippen LogP contribution >= 0.6 is 24.0 Å². The molecular weight excluding hydrogens is 560 g/mol. The highest BCUT2D eigenvalue weighted by Gasteiger charge is 2.31. The van der Waals surface area contributed by atoms with E-state index in [0.29, 0.717) is 40.3 Å². The van der Waals surface area contributed by atoms with Crippen molar-refractivity contribution < 1.29 is 28.9 Å². The van der Waals surface area contributed by atoms with E-state index in [2.05, 4.69) is 30.1 Å². The first-order valence-electron chi connectivity index (χ1n) is 12.8. The maximum absolute atomic E-state index is 13.2. The first-order chi connectivity index (χ1) is 19.8. The van der Waals surface area contributed by atoms with Gasteiger partial charge in [0.25, 0.3) is 5.91 Å². The van der Waals surface area contributed by atoms with Crippen LogP contribution in [0.15, 0.2) is 65.7 Å². The number of thioether (sulfide) groups is 1. The summed E-state index contributed by atoms with van der Waals surface area (Å²) >= 11 is 6.79. The third kappa shape index (κ3) is 5.94. The number of carbonyl (C=O) groups is 2. The summed E-state index contributed by atoms with van der Waals surface area (Å²) in [5, 5.41) is 10.3. The minimum atomic E-state index is -1.04. The molecular formula is C31H28N2O6S2. The number of aromatic carboxylic acids is 1. The van der Waals surface area contributed by atoms with Crippen LogP contribution in [0.25, 0.3) is 28.1 Å². The van der Waals surface area contributed by atoms with Gasteiger partial charge < -0.3 is 24.3 Å². The van der Waals surface area contributed by atoms with Gasteiger partial charge in [-0.25, -0.2) is 4.79 Å². The fraction of sp³-hybridized carbons (Fsp3) is 0.194. The second-order valence-electron chi connectivity index (χ2n) is 9.40. The molecule has 1 saturated heterocycles. The number of carboxylic acids is 1. The van der Waals surface area contributed by atoms with Gasteiger partial charge in [-0.05, 0) is 78.6 Å². The van der Waals surface area contributed by atoms with Gasteiger partial charge in [0.15, 0.2) is 11.5 Å². The number of nitrogens with one attached hydrogen (secondary N) is 1. The van der Waals surface area contributed by atoms with Crippen molar-refractivity contribution in [3.05, 3.63) is 82.4 Å². The second kappa shape index (κ2) is 12.1. The molecule has 210 valence electrons. The van der Waals surface area contributed by atoms with E-state index < -0.39 is 5.97 Å². The average molecular weight is 589 g/mol. The Labute approximate surface area is 246 Å². The number of rotatable bonds is 10. The largest absolute Gasteiger partial charge is 0.496 e. The number of hydrogen-bond donors (Lipinski definition) is 2. The van der Waals surface area contributed by atoms with E-state index in [1.807, 2.05) is 30.5 Å². The van der Waals surface area contributed by atoms with Crippen molar-refractivity contribution in [2.75, 3.05) is 27.4 Å². The van der Waals surface area contributed by atoms with Crippen LogP contribution in [-0.4, -0.2) is 58.6 Å². The molecule has 1 aliphatic heterocycles. The maximum Gasteiger partial charge on any atom is 0.335 e. The molecule has 0 atom stereocenters. The minimum absolute atomic E-state index is 0.111. The van der Waals surface area contributed by atoms with Crippen LogP contribution in [-0.2, 0) is 4.79 Å². The number of benzene rings is 3. The number of nitrogens with zero attached hydrogens (tertiary/aromatic N) is 1. The normalized spacial score (nSPS) is 14.2. The number of carboxylic acid groups (broad SMARTS) is 1. The molecule has 0 spiro atoms. The van der Waals surface area contributed by atoms with E-state index in [4.69, 9.17) is 31.5 Å². The Kier molecular flexibility index (Phi) is 8.32. The molecule has 1 fully saturated rings. The SMILES string of the molecule is COc1cc(C(=O)O)ccc1OCCCN1C(=O)C(=Cc2ccc(OC)c(-c3ccc4[nH]cc(C)c4c3)c2)SC1=S. The summed E-state index contributed by atoms with van der Waals surface area (Å²) in [5.74, 6) is 0.322. The Morgan fingerprint density at radius 3 is 2.59 bits per heavy atom. The van der Waals surface area contributed by atoms with Crippen LogP contribution < -0.4 is 14.2 Å². The van der Waals surface area contributed by atoms with Gasteiger partial charge in [0.2, 0.25) is 0 Å². The lowest BCUT2D eigenvalue weighted by molar-refractivity contribution is -0.122. The number of aromatic amines is 1. The average Bonchev–Trinajstić information content (AvgIpc) is 3.48. The summed E-state index contributed by atoms with van der Waals surface area (Å²) in [7, 11) is 3.10. The van der Waals surface area contributed by atoms with E-state index in [9.17, 15) is 9.59 Å². The Hall–Kier alpha value is -4.28. The summed E-state index contributed by atoms with van der Waals surface area (Å²) in [6.07, 6.45) is 4.37. The molecule has 41 heavy (non-hydrogen) atoms. The predicted octanol–water partition coefficient (Wildman–Crippen LogP) is 6.53. The minimum Gasteiger partial charge on any atom is -0.496 e. The number of hydrogen-bond acceptors (Lipinski definition) is 7.